The molecule has 2 N–H and O–H groups in total. The zero-order chi connectivity index (χ0) is 14.8. The lowest BCUT2D eigenvalue weighted by Gasteiger charge is -2.05. The zero-order valence-electron chi connectivity index (χ0n) is 11.3. The predicted molar refractivity (Wildman–Crippen MR) is 88.7 cm³/mol. The van der Waals surface area contributed by atoms with E-state index in [0.717, 1.165) is 32.6 Å². The van der Waals surface area contributed by atoms with Crippen LogP contribution < -0.4 is 10.5 Å². The molecule has 1 aromatic heterocycles. The third kappa shape index (κ3) is 3.16. The maximum absolute atomic E-state index is 5.74. The maximum Gasteiger partial charge on any atom is 0.257 e. The van der Waals surface area contributed by atoms with Gasteiger partial charge in [0, 0.05) is 15.9 Å². The molecule has 0 fully saturated rings. The van der Waals surface area contributed by atoms with Crippen LogP contribution in [-0.2, 0) is 5.75 Å². The number of anilines is 1. The van der Waals surface area contributed by atoms with E-state index in [4.69, 9.17) is 14.9 Å². The summed E-state index contributed by atoms with van der Waals surface area (Å²) in [5.41, 5.74) is 9.08. The van der Waals surface area contributed by atoms with Crippen LogP contribution in [-0.4, -0.2) is 12.1 Å². The lowest BCUT2D eigenvalue weighted by molar-refractivity contribution is 0.414. The van der Waals surface area contributed by atoms with Gasteiger partial charge in [0.05, 0.1) is 7.11 Å². The molecule has 0 aliphatic heterocycles. The van der Waals surface area contributed by atoms with E-state index in [-0.39, 0.29) is 0 Å². The number of ether oxygens (including phenoxy) is 1. The number of aromatic nitrogens is 1. The number of halogens is 1. The van der Waals surface area contributed by atoms with E-state index < -0.39 is 0 Å². The van der Waals surface area contributed by atoms with Crippen molar-refractivity contribution < 1.29 is 9.15 Å². The molecule has 0 unspecified atom stereocenters. The van der Waals surface area contributed by atoms with Crippen molar-refractivity contribution in [3.63, 3.8) is 0 Å². The Morgan fingerprint density at radius 1 is 1.29 bits per heavy atom. The van der Waals surface area contributed by atoms with Crippen LogP contribution in [0.1, 0.15) is 5.56 Å². The molecule has 2 aromatic carbocycles. The Bertz CT molecular complexity index is 788. The van der Waals surface area contributed by atoms with Crippen molar-refractivity contribution in [2.24, 2.45) is 0 Å². The number of nitrogen functional groups attached to an aromatic ring is 1. The van der Waals surface area contributed by atoms with Crippen LogP contribution in [0.25, 0.3) is 11.1 Å². The van der Waals surface area contributed by atoms with Crippen molar-refractivity contribution >= 4 is 44.5 Å². The first-order valence-corrected chi connectivity index (χ1v) is 8.05. The monoisotopic (exact) mass is 364 g/mol. The molecule has 0 radical (unpaired) electrons. The van der Waals surface area contributed by atoms with E-state index in [1.807, 2.05) is 30.3 Å². The number of hydrogen-bond donors (Lipinski definition) is 1. The van der Waals surface area contributed by atoms with Crippen molar-refractivity contribution in [3.8, 4) is 5.75 Å². The highest BCUT2D eigenvalue weighted by Crippen LogP contribution is 2.31. The summed E-state index contributed by atoms with van der Waals surface area (Å²) in [5.74, 6) is 1.57. The summed E-state index contributed by atoms with van der Waals surface area (Å²) < 4.78 is 12.0. The number of hydrogen-bond acceptors (Lipinski definition) is 5. The van der Waals surface area contributed by atoms with Gasteiger partial charge in [0.1, 0.15) is 11.3 Å². The van der Waals surface area contributed by atoms with Crippen molar-refractivity contribution in [1.29, 1.82) is 0 Å². The highest BCUT2D eigenvalue weighted by Gasteiger charge is 2.09. The normalized spacial score (nSPS) is 11.0. The molecule has 0 aliphatic rings. The van der Waals surface area contributed by atoms with E-state index in [1.54, 1.807) is 13.2 Å². The molecule has 0 bridgehead atoms. The van der Waals surface area contributed by atoms with Crippen LogP contribution in [0.2, 0.25) is 0 Å². The van der Waals surface area contributed by atoms with Gasteiger partial charge in [0.25, 0.3) is 5.22 Å². The number of methoxy groups -OCH3 is 1. The van der Waals surface area contributed by atoms with Crippen molar-refractivity contribution in [2.75, 3.05) is 12.8 Å². The van der Waals surface area contributed by atoms with Gasteiger partial charge in [0.2, 0.25) is 0 Å². The summed E-state index contributed by atoms with van der Waals surface area (Å²) in [6, 6.07) is 11.3. The molecule has 6 heteroatoms. The molecule has 108 valence electrons. The Morgan fingerprint density at radius 2 is 2.14 bits per heavy atom. The quantitative estimate of drug-likeness (QED) is 0.546. The maximum atomic E-state index is 5.74. The molecular weight excluding hydrogens is 352 g/mol. The van der Waals surface area contributed by atoms with Gasteiger partial charge >= 0.3 is 0 Å². The third-order valence-electron chi connectivity index (χ3n) is 3.00. The molecule has 4 nitrogen and oxygen atoms in total. The first-order chi connectivity index (χ1) is 10.2. The number of thioether (sulfide) groups is 1. The fraction of sp³-hybridized carbons (Fsp3) is 0.133. The predicted octanol–water partition coefficient (Wildman–Crippen LogP) is 4.47. The van der Waals surface area contributed by atoms with Crippen LogP contribution >= 0.6 is 27.7 Å². The Hall–Kier alpha value is -1.66. The van der Waals surface area contributed by atoms with Gasteiger partial charge in [0.15, 0.2) is 5.58 Å². The fourth-order valence-electron chi connectivity index (χ4n) is 1.91. The number of oxazole rings is 1. The minimum absolute atomic E-state index is 0.630. The molecule has 0 amide bonds. The number of benzene rings is 2. The number of nitrogens with zero attached hydrogens (tertiary/aromatic N) is 1. The highest BCUT2D eigenvalue weighted by molar-refractivity contribution is 9.10. The topological polar surface area (TPSA) is 61.3 Å². The van der Waals surface area contributed by atoms with Gasteiger partial charge in [-0.1, -0.05) is 27.7 Å². The number of fused-ring (bicyclic) bond motifs is 1. The minimum atomic E-state index is 0.630. The van der Waals surface area contributed by atoms with Gasteiger partial charge < -0.3 is 14.9 Å². The van der Waals surface area contributed by atoms with E-state index >= 15 is 0 Å². The van der Waals surface area contributed by atoms with E-state index in [2.05, 4.69) is 20.9 Å². The number of rotatable bonds is 4. The lowest BCUT2D eigenvalue weighted by atomic mass is 10.2. The first kappa shape index (κ1) is 14.3. The van der Waals surface area contributed by atoms with Crippen LogP contribution in [0.5, 0.6) is 5.75 Å². The number of nitrogens with two attached hydrogens (primary N) is 1. The van der Waals surface area contributed by atoms with Crippen molar-refractivity contribution in [2.45, 2.75) is 11.0 Å². The van der Waals surface area contributed by atoms with Gasteiger partial charge in [-0.3, -0.25) is 0 Å². The molecule has 3 aromatic rings. The van der Waals surface area contributed by atoms with Gasteiger partial charge in [-0.25, -0.2) is 4.98 Å². The minimum Gasteiger partial charge on any atom is -0.497 e. The third-order valence-corrected chi connectivity index (χ3v) is 4.65. The molecule has 0 saturated heterocycles. The van der Waals surface area contributed by atoms with E-state index in [9.17, 15) is 0 Å². The summed E-state index contributed by atoms with van der Waals surface area (Å²) in [5, 5.41) is 0.630. The fourth-order valence-corrected chi connectivity index (χ4v) is 3.32. The van der Waals surface area contributed by atoms with Crippen LogP contribution in [0.15, 0.2) is 50.5 Å². The molecule has 3 rings (SSSR count). The van der Waals surface area contributed by atoms with Crippen molar-refractivity contribution in [1.82, 2.24) is 4.98 Å². The van der Waals surface area contributed by atoms with Crippen LogP contribution in [0.3, 0.4) is 0 Å². The average Bonchev–Trinajstić information content (AvgIpc) is 2.88. The summed E-state index contributed by atoms with van der Waals surface area (Å²) in [6.45, 7) is 0. The molecular formula is C15H13BrN2O2S. The first-order valence-electron chi connectivity index (χ1n) is 6.27. The van der Waals surface area contributed by atoms with Crippen LogP contribution in [0, 0.1) is 0 Å². The Kier molecular flexibility index (Phi) is 4.07. The van der Waals surface area contributed by atoms with E-state index in [0.29, 0.717) is 10.9 Å². The standard InChI is InChI=1S/C15H13BrN2O2S/c1-19-11-3-4-12(16)9(6-11)8-21-15-18-13-7-10(17)2-5-14(13)20-15/h2-7H,8,17H2,1H3. The summed E-state index contributed by atoms with van der Waals surface area (Å²) >= 11 is 5.08. The Balaban J connectivity index is 1.80. The molecule has 0 spiro atoms. The summed E-state index contributed by atoms with van der Waals surface area (Å²) in [7, 11) is 1.66. The largest absolute Gasteiger partial charge is 0.497 e. The van der Waals surface area contributed by atoms with E-state index in [1.165, 1.54) is 11.8 Å². The van der Waals surface area contributed by atoms with Gasteiger partial charge in [-0.15, -0.1) is 0 Å². The summed E-state index contributed by atoms with van der Waals surface area (Å²) in [4.78, 5) is 4.43. The SMILES string of the molecule is COc1ccc(Br)c(CSc2nc3cc(N)ccc3o2)c1. The smallest absolute Gasteiger partial charge is 0.257 e. The Morgan fingerprint density at radius 3 is 2.95 bits per heavy atom. The van der Waals surface area contributed by atoms with Gasteiger partial charge in [-0.2, -0.15) is 0 Å². The zero-order valence-corrected chi connectivity index (χ0v) is 13.7. The Labute approximate surface area is 134 Å². The highest BCUT2D eigenvalue weighted by atomic mass is 79.9. The molecule has 0 atom stereocenters. The molecule has 1 heterocycles. The second-order valence-corrected chi connectivity index (χ2v) is 6.23. The van der Waals surface area contributed by atoms with Crippen LogP contribution in [0.4, 0.5) is 5.69 Å². The lowest BCUT2D eigenvalue weighted by Crippen LogP contribution is -1.87. The van der Waals surface area contributed by atoms with Crippen molar-refractivity contribution in [3.05, 3.63) is 46.4 Å². The second-order valence-electron chi connectivity index (χ2n) is 4.45. The molecule has 0 saturated carbocycles. The van der Waals surface area contributed by atoms with Gasteiger partial charge in [-0.05, 0) is 42.0 Å². The second kappa shape index (κ2) is 5.99. The molecule has 21 heavy (non-hydrogen) atoms. The summed E-state index contributed by atoms with van der Waals surface area (Å²) in [6.07, 6.45) is 0. The molecule has 0 aliphatic carbocycles. The average molecular weight is 365 g/mol.